The first kappa shape index (κ1) is 27.5. The molecule has 0 spiro atoms. The zero-order valence-corrected chi connectivity index (χ0v) is 22.4. The summed E-state index contributed by atoms with van der Waals surface area (Å²) in [6.07, 6.45) is 2.68. The minimum atomic E-state index is -0.753. The van der Waals surface area contributed by atoms with Gasteiger partial charge >= 0.3 is 0 Å². The predicted octanol–water partition coefficient (Wildman–Crippen LogP) is 4.28. The van der Waals surface area contributed by atoms with Crippen LogP contribution in [0.25, 0.3) is 16.7 Å². The molecule has 0 saturated carbocycles. The maximum absolute atomic E-state index is 14.7. The monoisotopic (exact) mass is 536 g/mol. The van der Waals surface area contributed by atoms with Gasteiger partial charge in [-0.3, -0.25) is 4.79 Å². The molecule has 0 bridgehead atoms. The van der Waals surface area contributed by atoms with Gasteiger partial charge in [-0.25, -0.2) is 18.4 Å². The molecule has 2 aromatic carbocycles. The van der Waals surface area contributed by atoms with Gasteiger partial charge in [0.25, 0.3) is 0 Å². The number of ether oxygens (including phenoxy) is 1. The van der Waals surface area contributed by atoms with Crippen LogP contribution in [0, 0.1) is 18.6 Å². The predicted molar refractivity (Wildman–Crippen MR) is 148 cm³/mol. The zero-order chi connectivity index (χ0) is 28.3. The first-order valence-corrected chi connectivity index (χ1v) is 12.1. The van der Waals surface area contributed by atoms with Crippen LogP contribution in [0.3, 0.4) is 0 Å². The van der Waals surface area contributed by atoms with E-state index in [1.807, 2.05) is 26.0 Å². The Labute approximate surface area is 224 Å². The largest absolute Gasteiger partial charge is 0.494 e. The van der Waals surface area contributed by atoms with Crippen LogP contribution in [-0.2, 0) is 4.79 Å². The van der Waals surface area contributed by atoms with E-state index in [9.17, 15) is 13.6 Å². The fourth-order valence-corrected chi connectivity index (χ4v) is 4.03. The average molecular weight is 537 g/mol. The number of carbonyl (C=O) groups excluding carboxylic acids is 1. The summed E-state index contributed by atoms with van der Waals surface area (Å²) in [4.78, 5) is 25.0. The Morgan fingerprint density at radius 1 is 1.15 bits per heavy atom. The van der Waals surface area contributed by atoms with Gasteiger partial charge in [0.1, 0.15) is 17.1 Å². The van der Waals surface area contributed by atoms with Crippen molar-refractivity contribution in [3.05, 3.63) is 66.5 Å². The summed E-state index contributed by atoms with van der Waals surface area (Å²) in [6, 6.07) is 7.12. The second kappa shape index (κ2) is 11.4. The van der Waals surface area contributed by atoms with Crippen molar-refractivity contribution < 1.29 is 18.3 Å². The van der Waals surface area contributed by atoms with Crippen molar-refractivity contribution in [2.24, 2.45) is 0 Å². The highest BCUT2D eigenvalue weighted by Crippen LogP contribution is 2.38. The van der Waals surface area contributed by atoms with Crippen LogP contribution < -0.4 is 20.3 Å². The molecule has 0 aliphatic heterocycles. The van der Waals surface area contributed by atoms with Gasteiger partial charge < -0.3 is 25.2 Å². The number of benzene rings is 2. The van der Waals surface area contributed by atoms with Gasteiger partial charge in [0.2, 0.25) is 11.9 Å². The maximum Gasteiger partial charge on any atom is 0.247 e. The van der Waals surface area contributed by atoms with Gasteiger partial charge in [-0.2, -0.15) is 10.1 Å². The third-order valence-electron chi connectivity index (χ3n) is 6.04. The number of hydrogen-bond acceptors (Lipinski definition) is 8. The summed E-state index contributed by atoms with van der Waals surface area (Å²) >= 11 is 0. The summed E-state index contributed by atoms with van der Waals surface area (Å²) in [5.74, 6) is -0.883. The van der Waals surface area contributed by atoms with Gasteiger partial charge in [-0.1, -0.05) is 6.58 Å². The molecule has 4 aromatic rings. The van der Waals surface area contributed by atoms with E-state index < -0.39 is 11.6 Å². The highest BCUT2D eigenvalue weighted by atomic mass is 19.1. The highest BCUT2D eigenvalue weighted by Gasteiger charge is 2.19. The van der Waals surface area contributed by atoms with Crippen LogP contribution in [0.2, 0.25) is 0 Å². The summed E-state index contributed by atoms with van der Waals surface area (Å²) < 4.78 is 35.4. The van der Waals surface area contributed by atoms with Gasteiger partial charge in [-0.05, 0) is 39.2 Å². The summed E-state index contributed by atoms with van der Waals surface area (Å²) in [6.45, 7) is 6.70. The molecule has 4 rings (SSSR count). The maximum atomic E-state index is 14.7. The SMILES string of the molecule is C=CC(=O)Nc1cc(Nc2nccc(-n3nc(C)c4cc(F)cc(F)c43)n2)c(OC)cc1N(C)CCN(C)C. The van der Waals surface area contributed by atoms with E-state index in [1.54, 1.807) is 25.1 Å². The van der Waals surface area contributed by atoms with E-state index in [1.165, 1.54) is 30.1 Å². The van der Waals surface area contributed by atoms with E-state index in [0.29, 0.717) is 34.7 Å². The molecule has 0 radical (unpaired) electrons. The lowest BCUT2D eigenvalue weighted by atomic mass is 10.2. The van der Waals surface area contributed by atoms with E-state index in [4.69, 9.17) is 4.74 Å². The van der Waals surface area contributed by atoms with Gasteiger partial charge in [0.15, 0.2) is 11.6 Å². The Balaban J connectivity index is 1.73. The number of aromatic nitrogens is 4. The average Bonchev–Trinajstić information content (AvgIpc) is 3.24. The number of likely N-dealkylation sites (N-methyl/N-ethyl adjacent to an activating group) is 2. The van der Waals surface area contributed by atoms with Crippen molar-refractivity contribution in [2.75, 3.05) is 56.9 Å². The van der Waals surface area contributed by atoms with Crippen LogP contribution in [-0.4, -0.2) is 71.9 Å². The zero-order valence-electron chi connectivity index (χ0n) is 22.4. The topological polar surface area (TPSA) is 100 Å². The molecule has 39 heavy (non-hydrogen) atoms. The minimum absolute atomic E-state index is 0.107. The van der Waals surface area contributed by atoms with Crippen LogP contribution >= 0.6 is 0 Å². The number of halogens is 2. The Kier molecular flexibility index (Phi) is 8.05. The van der Waals surface area contributed by atoms with E-state index in [-0.39, 0.29) is 23.2 Å². The molecule has 0 unspecified atom stereocenters. The Bertz CT molecular complexity index is 1540. The summed E-state index contributed by atoms with van der Waals surface area (Å²) in [5.41, 5.74) is 2.31. The number of anilines is 4. The van der Waals surface area contributed by atoms with Crippen molar-refractivity contribution >= 4 is 39.8 Å². The van der Waals surface area contributed by atoms with Gasteiger partial charge in [0.05, 0.1) is 29.9 Å². The van der Waals surface area contributed by atoms with Crippen molar-refractivity contribution in [2.45, 2.75) is 6.92 Å². The molecule has 10 nitrogen and oxygen atoms in total. The van der Waals surface area contributed by atoms with Crippen LogP contribution in [0.5, 0.6) is 5.75 Å². The van der Waals surface area contributed by atoms with Crippen molar-refractivity contribution in [3.63, 3.8) is 0 Å². The molecule has 0 saturated heterocycles. The molecule has 2 heterocycles. The molecular weight excluding hydrogens is 506 g/mol. The van der Waals surface area contributed by atoms with Crippen LogP contribution in [0.4, 0.5) is 31.8 Å². The van der Waals surface area contributed by atoms with Crippen molar-refractivity contribution in [1.29, 1.82) is 0 Å². The fourth-order valence-electron chi connectivity index (χ4n) is 4.03. The third-order valence-corrected chi connectivity index (χ3v) is 6.04. The number of nitrogens with zero attached hydrogens (tertiary/aromatic N) is 6. The molecule has 204 valence electrons. The molecule has 12 heteroatoms. The second-order valence-corrected chi connectivity index (χ2v) is 9.13. The van der Waals surface area contributed by atoms with Crippen LogP contribution in [0.1, 0.15) is 5.69 Å². The molecule has 0 aliphatic rings. The minimum Gasteiger partial charge on any atom is -0.494 e. The molecule has 0 aliphatic carbocycles. The second-order valence-electron chi connectivity index (χ2n) is 9.13. The Hall–Kier alpha value is -4.58. The Morgan fingerprint density at radius 3 is 2.62 bits per heavy atom. The molecule has 2 aromatic heterocycles. The van der Waals surface area contributed by atoms with Crippen LogP contribution in [0.15, 0.2) is 49.2 Å². The van der Waals surface area contributed by atoms with E-state index >= 15 is 0 Å². The fraction of sp³-hybridized carbons (Fsp3) is 0.259. The Morgan fingerprint density at radius 2 is 1.92 bits per heavy atom. The number of aryl methyl sites for hydroxylation is 1. The number of methoxy groups -OCH3 is 1. The number of fused-ring (bicyclic) bond motifs is 1. The normalized spacial score (nSPS) is 11.1. The molecule has 2 N–H and O–H groups in total. The standard InChI is InChI=1S/C27H30F2N8O2/c1-7-25(38)31-20-14-21(23(39-6)15-22(20)36(5)11-10-35(3)4)32-27-30-9-8-24(33-27)37-26-18(16(2)34-37)12-17(28)13-19(26)29/h7-9,12-15H,1,10-11H2,2-6H3,(H,31,38)(H,30,32,33). The quantitative estimate of drug-likeness (QED) is 0.290. The molecule has 1 amide bonds. The first-order valence-electron chi connectivity index (χ1n) is 12.1. The van der Waals surface area contributed by atoms with E-state index in [0.717, 1.165) is 18.3 Å². The molecule has 0 fully saturated rings. The molecule has 0 atom stereocenters. The van der Waals surface area contributed by atoms with Gasteiger partial charge in [-0.15, -0.1) is 0 Å². The van der Waals surface area contributed by atoms with Gasteiger partial charge in [0, 0.05) is 49.9 Å². The number of hydrogen-bond donors (Lipinski definition) is 2. The smallest absolute Gasteiger partial charge is 0.247 e. The van der Waals surface area contributed by atoms with E-state index in [2.05, 4.69) is 37.2 Å². The van der Waals surface area contributed by atoms with Crippen molar-refractivity contribution in [1.82, 2.24) is 24.6 Å². The first-order chi connectivity index (χ1) is 18.6. The number of carbonyl (C=O) groups is 1. The lowest BCUT2D eigenvalue weighted by Crippen LogP contribution is -2.29. The van der Waals surface area contributed by atoms with Crippen molar-refractivity contribution in [3.8, 4) is 11.6 Å². The lowest BCUT2D eigenvalue weighted by Gasteiger charge is -2.26. The third kappa shape index (κ3) is 5.96. The summed E-state index contributed by atoms with van der Waals surface area (Å²) in [5, 5.41) is 10.7. The summed E-state index contributed by atoms with van der Waals surface area (Å²) in [7, 11) is 7.42. The number of rotatable bonds is 10. The highest BCUT2D eigenvalue weighted by molar-refractivity contribution is 6.02. The lowest BCUT2D eigenvalue weighted by molar-refractivity contribution is -0.111. The number of amides is 1. The number of nitrogens with one attached hydrogen (secondary N) is 2. The molecular formula is C27H30F2N8O2.